The Morgan fingerprint density at radius 3 is 2.89 bits per heavy atom. The summed E-state index contributed by atoms with van der Waals surface area (Å²) < 4.78 is 1.07. The van der Waals surface area contributed by atoms with E-state index in [0.29, 0.717) is 6.54 Å². The molecule has 1 heterocycles. The first-order valence-electron chi connectivity index (χ1n) is 6.58. The molecule has 2 rings (SSSR count). The fraction of sp³-hybridized carbons (Fsp3) is 0.615. The number of aliphatic hydroxyl groups is 1. The SMILES string of the molecule is O=C(NCc1ccc(Br)s1)NC1CCCCC1CO. The van der Waals surface area contributed by atoms with Crippen LogP contribution in [-0.4, -0.2) is 23.8 Å². The van der Waals surface area contributed by atoms with Crippen LogP contribution in [0.3, 0.4) is 0 Å². The van der Waals surface area contributed by atoms with E-state index in [2.05, 4.69) is 26.6 Å². The first-order chi connectivity index (χ1) is 9.19. The van der Waals surface area contributed by atoms with Crippen molar-refractivity contribution in [1.82, 2.24) is 10.6 Å². The molecule has 19 heavy (non-hydrogen) atoms. The van der Waals surface area contributed by atoms with Crippen LogP contribution in [0, 0.1) is 5.92 Å². The van der Waals surface area contributed by atoms with Crippen molar-refractivity contribution in [3.05, 3.63) is 20.8 Å². The van der Waals surface area contributed by atoms with Crippen LogP contribution in [0.5, 0.6) is 0 Å². The minimum absolute atomic E-state index is 0.105. The van der Waals surface area contributed by atoms with Crippen molar-refractivity contribution in [1.29, 1.82) is 0 Å². The second-order valence-corrected chi connectivity index (χ2v) is 7.41. The Morgan fingerprint density at radius 2 is 2.21 bits per heavy atom. The predicted octanol–water partition coefficient (Wildman–Crippen LogP) is 2.86. The zero-order chi connectivity index (χ0) is 13.7. The molecule has 0 saturated heterocycles. The van der Waals surface area contributed by atoms with Crippen molar-refractivity contribution in [3.63, 3.8) is 0 Å². The van der Waals surface area contributed by atoms with Gasteiger partial charge >= 0.3 is 6.03 Å². The fourth-order valence-corrected chi connectivity index (χ4v) is 3.87. The molecule has 2 unspecified atom stereocenters. The van der Waals surface area contributed by atoms with Crippen LogP contribution < -0.4 is 10.6 Å². The molecular formula is C13H19BrN2O2S. The van der Waals surface area contributed by atoms with Crippen molar-refractivity contribution >= 4 is 33.3 Å². The Labute approximate surface area is 125 Å². The van der Waals surface area contributed by atoms with Gasteiger partial charge in [-0.25, -0.2) is 4.79 Å². The third-order valence-corrected chi connectivity index (χ3v) is 5.14. The summed E-state index contributed by atoms with van der Waals surface area (Å²) in [6, 6.07) is 3.93. The van der Waals surface area contributed by atoms with E-state index in [0.717, 1.165) is 34.3 Å². The number of thiophene rings is 1. The first-order valence-corrected chi connectivity index (χ1v) is 8.19. The molecule has 2 amide bonds. The standard InChI is InChI=1S/C13H19BrN2O2S/c14-12-6-5-10(19-12)7-15-13(18)16-11-4-2-1-3-9(11)8-17/h5-6,9,11,17H,1-4,7-8H2,(H2,15,16,18). The number of urea groups is 1. The minimum Gasteiger partial charge on any atom is -0.396 e. The Balaban J connectivity index is 1.77. The van der Waals surface area contributed by atoms with Gasteiger partial charge in [0.05, 0.1) is 10.3 Å². The maximum absolute atomic E-state index is 11.8. The second kappa shape index (κ2) is 7.26. The molecule has 2 atom stereocenters. The zero-order valence-corrected chi connectivity index (χ0v) is 13.1. The van der Waals surface area contributed by atoms with Gasteiger partial charge in [-0.15, -0.1) is 11.3 Å². The van der Waals surface area contributed by atoms with E-state index in [1.807, 2.05) is 12.1 Å². The monoisotopic (exact) mass is 346 g/mol. The number of halogens is 1. The van der Waals surface area contributed by atoms with Crippen LogP contribution >= 0.6 is 27.3 Å². The maximum Gasteiger partial charge on any atom is 0.315 e. The van der Waals surface area contributed by atoms with E-state index >= 15 is 0 Å². The summed E-state index contributed by atoms with van der Waals surface area (Å²) in [6.07, 6.45) is 4.23. The summed E-state index contributed by atoms with van der Waals surface area (Å²) in [5, 5.41) is 15.2. The summed E-state index contributed by atoms with van der Waals surface area (Å²) in [5.74, 6) is 0.204. The number of nitrogens with one attached hydrogen (secondary N) is 2. The number of amides is 2. The molecule has 1 aromatic rings. The normalized spacial score (nSPS) is 23.1. The lowest BCUT2D eigenvalue weighted by molar-refractivity contribution is 0.153. The minimum atomic E-state index is -0.144. The molecule has 0 bridgehead atoms. The molecular weight excluding hydrogens is 328 g/mol. The number of carbonyl (C=O) groups excluding carboxylic acids is 1. The van der Waals surface area contributed by atoms with Gasteiger partial charge in [0, 0.05) is 23.4 Å². The molecule has 1 aliphatic rings. The van der Waals surface area contributed by atoms with Gasteiger partial charge in [-0.2, -0.15) is 0 Å². The van der Waals surface area contributed by atoms with Gasteiger partial charge in [-0.3, -0.25) is 0 Å². The van der Waals surface area contributed by atoms with Gasteiger partial charge in [0.2, 0.25) is 0 Å². The van der Waals surface area contributed by atoms with E-state index in [9.17, 15) is 9.90 Å². The highest BCUT2D eigenvalue weighted by molar-refractivity contribution is 9.11. The number of hydrogen-bond donors (Lipinski definition) is 3. The number of rotatable bonds is 4. The molecule has 4 nitrogen and oxygen atoms in total. The van der Waals surface area contributed by atoms with E-state index < -0.39 is 0 Å². The van der Waals surface area contributed by atoms with Gasteiger partial charge < -0.3 is 15.7 Å². The summed E-state index contributed by atoms with van der Waals surface area (Å²) in [6.45, 7) is 0.696. The molecule has 1 aromatic heterocycles. The lowest BCUT2D eigenvalue weighted by Gasteiger charge is -2.30. The lowest BCUT2D eigenvalue weighted by atomic mass is 9.85. The van der Waals surface area contributed by atoms with Crippen molar-refractivity contribution in [3.8, 4) is 0 Å². The smallest absolute Gasteiger partial charge is 0.315 e. The number of aliphatic hydroxyl groups excluding tert-OH is 1. The summed E-state index contributed by atoms with van der Waals surface area (Å²) in [4.78, 5) is 13.0. The summed E-state index contributed by atoms with van der Waals surface area (Å²) in [5.41, 5.74) is 0. The summed E-state index contributed by atoms with van der Waals surface area (Å²) >= 11 is 5.01. The molecule has 1 fully saturated rings. The number of carbonyl (C=O) groups is 1. The highest BCUT2D eigenvalue weighted by Crippen LogP contribution is 2.24. The highest BCUT2D eigenvalue weighted by atomic mass is 79.9. The third kappa shape index (κ3) is 4.47. The molecule has 1 aliphatic carbocycles. The first kappa shape index (κ1) is 14.8. The van der Waals surface area contributed by atoms with Gasteiger partial charge in [0.15, 0.2) is 0 Å². The van der Waals surface area contributed by atoms with Crippen LogP contribution in [0.25, 0.3) is 0 Å². The Morgan fingerprint density at radius 1 is 1.42 bits per heavy atom. The number of hydrogen-bond acceptors (Lipinski definition) is 3. The average Bonchev–Trinajstić information content (AvgIpc) is 2.83. The van der Waals surface area contributed by atoms with E-state index in [-0.39, 0.29) is 24.6 Å². The van der Waals surface area contributed by atoms with Crippen LogP contribution in [-0.2, 0) is 6.54 Å². The maximum atomic E-state index is 11.8. The molecule has 106 valence electrons. The van der Waals surface area contributed by atoms with Crippen LogP contribution in [0.15, 0.2) is 15.9 Å². The van der Waals surface area contributed by atoms with Gasteiger partial charge in [0.1, 0.15) is 0 Å². The van der Waals surface area contributed by atoms with Crippen molar-refractivity contribution < 1.29 is 9.90 Å². The Hall–Kier alpha value is -0.590. The van der Waals surface area contributed by atoms with E-state index in [1.165, 1.54) is 0 Å². The molecule has 0 radical (unpaired) electrons. The van der Waals surface area contributed by atoms with E-state index in [4.69, 9.17) is 0 Å². The molecule has 6 heteroatoms. The Bertz CT molecular complexity index is 425. The average molecular weight is 347 g/mol. The van der Waals surface area contributed by atoms with E-state index in [1.54, 1.807) is 11.3 Å². The molecule has 1 saturated carbocycles. The predicted molar refractivity (Wildman–Crippen MR) is 80.2 cm³/mol. The second-order valence-electron chi connectivity index (χ2n) is 4.87. The third-order valence-electron chi connectivity index (χ3n) is 3.51. The van der Waals surface area contributed by atoms with Crippen molar-refractivity contribution in [2.45, 2.75) is 38.3 Å². The Kier molecular flexibility index (Phi) is 5.66. The highest BCUT2D eigenvalue weighted by Gasteiger charge is 2.25. The van der Waals surface area contributed by atoms with Gasteiger partial charge in [-0.05, 0) is 40.9 Å². The summed E-state index contributed by atoms with van der Waals surface area (Å²) in [7, 11) is 0. The van der Waals surface area contributed by atoms with Crippen LogP contribution in [0.2, 0.25) is 0 Å². The lowest BCUT2D eigenvalue weighted by Crippen LogP contribution is -2.47. The zero-order valence-electron chi connectivity index (χ0n) is 10.7. The van der Waals surface area contributed by atoms with Crippen molar-refractivity contribution in [2.24, 2.45) is 5.92 Å². The van der Waals surface area contributed by atoms with Gasteiger partial charge in [0.25, 0.3) is 0 Å². The quantitative estimate of drug-likeness (QED) is 0.784. The van der Waals surface area contributed by atoms with Crippen molar-refractivity contribution in [2.75, 3.05) is 6.61 Å². The molecule has 0 aliphatic heterocycles. The molecule has 0 spiro atoms. The topological polar surface area (TPSA) is 61.4 Å². The molecule has 3 N–H and O–H groups in total. The van der Waals surface area contributed by atoms with Gasteiger partial charge in [-0.1, -0.05) is 12.8 Å². The largest absolute Gasteiger partial charge is 0.396 e. The van der Waals surface area contributed by atoms with Crippen LogP contribution in [0.1, 0.15) is 30.6 Å². The van der Waals surface area contributed by atoms with Crippen LogP contribution in [0.4, 0.5) is 4.79 Å². The fourth-order valence-electron chi connectivity index (χ4n) is 2.45. The molecule has 0 aromatic carbocycles.